The van der Waals surface area contributed by atoms with Crippen LogP contribution < -0.4 is 5.73 Å². The van der Waals surface area contributed by atoms with E-state index < -0.39 is 0 Å². The Labute approximate surface area is 103 Å². The maximum atomic E-state index is 6.39. The summed E-state index contributed by atoms with van der Waals surface area (Å²) < 4.78 is 11.1. The fraction of sp³-hybridized carbons (Fsp3) is 0.714. The number of hydrogen-bond donors (Lipinski definition) is 1. The zero-order chi connectivity index (χ0) is 12.1. The predicted octanol–water partition coefficient (Wildman–Crippen LogP) is 2.89. The summed E-state index contributed by atoms with van der Waals surface area (Å²) >= 11 is 0. The molecule has 1 aromatic rings. The van der Waals surface area contributed by atoms with Crippen molar-refractivity contribution in [2.24, 2.45) is 5.73 Å². The van der Waals surface area contributed by atoms with E-state index in [2.05, 4.69) is 6.92 Å². The molecule has 2 rings (SSSR count). The normalized spacial score (nSPS) is 21.3. The van der Waals surface area contributed by atoms with Crippen molar-refractivity contribution in [1.29, 1.82) is 0 Å². The molecule has 1 heterocycles. The van der Waals surface area contributed by atoms with Crippen LogP contribution in [0.1, 0.15) is 44.6 Å². The van der Waals surface area contributed by atoms with Gasteiger partial charge in [-0.2, -0.15) is 0 Å². The van der Waals surface area contributed by atoms with Crippen LogP contribution in [0.25, 0.3) is 0 Å². The summed E-state index contributed by atoms with van der Waals surface area (Å²) in [4.78, 5) is 0. The van der Waals surface area contributed by atoms with Crippen LogP contribution in [0.3, 0.4) is 0 Å². The molecule has 2 N–H and O–H groups in total. The molecule has 17 heavy (non-hydrogen) atoms. The lowest BCUT2D eigenvalue weighted by atomic mass is 9.77. The van der Waals surface area contributed by atoms with Crippen LogP contribution in [0, 0.1) is 0 Å². The second-order valence-corrected chi connectivity index (χ2v) is 5.00. The highest BCUT2D eigenvalue weighted by Crippen LogP contribution is 2.35. The van der Waals surface area contributed by atoms with Crippen molar-refractivity contribution in [3.8, 4) is 0 Å². The Bertz CT molecular complexity index is 309. The Kier molecular flexibility index (Phi) is 4.24. The Morgan fingerprint density at radius 2 is 2.18 bits per heavy atom. The van der Waals surface area contributed by atoms with Gasteiger partial charge >= 0.3 is 0 Å². The number of furan rings is 1. The molecule has 1 aromatic heterocycles. The lowest BCUT2D eigenvalue weighted by Gasteiger charge is -2.41. The molecule has 3 heteroatoms. The zero-order valence-electron chi connectivity index (χ0n) is 10.7. The number of nitrogens with two attached hydrogens (primary N) is 1. The van der Waals surface area contributed by atoms with E-state index in [1.165, 1.54) is 24.8 Å². The van der Waals surface area contributed by atoms with Gasteiger partial charge in [0.05, 0.1) is 18.1 Å². The van der Waals surface area contributed by atoms with Crippen LogP contribution in [-0.4, -0.2) is 18.2 Å². The first kappa shape index (κ1) is 12.7. The van der Waals surface area contributed by atoms with Crippen LogP contribution in [0.2, 0.25) is 0 Å². The highest BCUT2D eigenvalue weighted by Gasteiger charge is 2.38. The Morgan fingerprint density at radius 3 is 2.76 bits per heavy atom. The van der Waals surface area contributed by atoms with Crippen molar-refractivity contribution in [1.82, 2.24) is 0 Å². The monoisotopic (exact) mass is 237 g/mol. The van der Waals surface area contributed by atoms with E-state index in [0.29, 0.717) is 0 Å². The highest BCUT2D eigenvalue weighted by molar-refractivity contribution is 5.10. The summed E-state index contributed by atoms with van der Waals surface area (Å²) in [5.41, 5.74) is 7.46. The van der Waals surface area contributed by atoms with Crippen molar-refractivity contribution in [2.75, 3.05) is 6.61 Å². The van der Waals surface area contributed by atoms with Gasteiger partial charge in [-0.25, -0.2) is 0 Å². The lowest BCUT2D eigenvalue weighted by Crippen LogP contribution is -2.52. The minimum atomic E-state index is -0.107. The first-order valence-corrected chi connectivity index (χ1v) is 6.67. The summed E-state index contributed by atoms with van der Waals surface area (Å²) in [6.45, 7) is 2.81. The van der Waals surface area contributed by atoms with Crippen molar-refractivity contribution in [3.63, 3.8) is 0 Å². The van der Waals surface area contributed by atoms with Crippen molar-refractivity contribution in [2.45, 2.75) is 57.1 Å². The maximum Gasteiger partial charge on any atom is 0.0935 e. The van der Waals surface area contributed by atoms with Gasteiger partial charge in [-0.3, -0.25) is 0 Å². The number of rotatable bonds is 5. The van der Waals surface area contributed by atoms with Crippen LogP contribution in [0.5, 0.6) is 0 Å². The summed E-state index contributed by atoms with van der Waals surface area (Å²) in [7, 11) is 0. The minimum Gasteiger partial charge on any atom is -0.472 e. The van der Waals surface area contributed by atoms with E-state index in [1.54, 1.807) is 12.5 Å². The van der Waals surface area contributed by atoms with E-state index in [1.807, 2.05) is 6.07 Å². The summed E-state index contributed by atoms with van der Waals surface area (Å²) in [5.74, 6) is 0. The molecule has 3 nitrogen and oxygen atoms in total. The molecule has 1 atom stereocenters. The third kappa shape index (κ3) is 2.90. The molecule has 0 spiro atoms. The molecule has 96 valence electrons. The fourth-order valence-electron chi connectivity index (χ4n) is 2.91. The first-order valence-electron chi connectivity index (χ1n) is 6.67. The molecular weight excluding hydrogens is 214 g/mol. The molecule has 0 aliphatic heterocycles. The van der Waals surface area contributed by atoms with Gasteiger partial charge in [-0.15, -0.1) is 0 Å². The van der Waals surface area contributed by atoms with Gasteiger partial charge in [0.1, 0.15) is 0 Å². The lowest BCUT2D eigenvalue weighted by molar-refractivity contribution is -0.0817. The van der Waals surface area contributed by atoms with Gasteiger partial charge in [-0.05, 0) is 37.8 Å². The highest BCUT2D eigenvalue weighted by atomic mass is 16.5. The average Bonchev–Trinajstić information content (AvgIpc) is 2.83. The average molecular weight is 237 g/mol. The van der Waals surface area contributed by atoms with Crippen LogP contribution >= 0.6 is 0 Å². The van der Waals surface area contributed by atoms with Crippen molar-refractivity contribution < 1.29 is 9.15 Å². The zero-order valence-corrected chi connectivity index (χ0v) is 10.7. The molecule has 1 saturated carbocycles. The third-order valence-corrected chi connectivity index (χ3v) is 3.84. The smallest absolute Gasteiger partial charge is 0.0935 e. The van der Waals surface area contributed by atoms with Gasteiger partial charge in [0.2, 0.25) is 0 Å². The molecule has 0 radical (unpaired) electrons. The quantitative estimate of drug-likeness (QED) is 0.856. The van der Waals surface area contributed by atoms with Crippen LogP contribution in [-0.2, 0) is 11.2 Å². The molecular formula is C14H23NO2. The Hall–Kier alpha value is -0.800. The molecule has 1 unspecified atom stereocenters. The van der Waals surface area contributed by atoms with Crippen molar-refractivity contribution >= 4 is 0 Å². The summed E-state index contributed by atoms with van der Waals surface area (Å²) in [5, 5.41) is 0. The Morgan fingerprint density at radius 1 is 1.41 bits per heavy atom. The summed E-state index contributed by atoms with van der Waals surface area (Å²) in [6.07, 6.45) is 10.3. The predicted molar refractivity (Wildman–Crippen MR) is 67.8 cm³/mol. The minimum absolute atomic E-state index is 0.0698. The molecule has 1 aliphatic rings. The van der Waals surface area contributed by atoms with E-state index in [0.717, 1.165) is 25.9 Å². The fourth-order valence-corrected chi connectivity index (χ4v) is 2.91. The molecule has 0 amide bonds. The van der Waals surface area contributed by atoms with Gasteiger partial charge in [0.15, 0.2) is 0 Å². The third-order valence-electron chi connectivity index (χ3n) is 3.84. The number of hydrogen-bond acceptors (Lipinski definition) is 3. The van der Waals surface area contributed by atoms with Crippen LogP contribution in [0.15, 0.2) is 23.0 Å². The Balaban J connectivity index is 2.03. The summed E-state index contributed by atoms with van der Waals surface area (Å²) in [6, 6.07) is 2.06. The largest absolute Gasteiger partial charge is 0.472 e. The molecule has 1 fully saturated rings. The SMILES string of the molecule is CCOC1(C(N)Cc2ccoc2)CCCCC1. The van der Waals surface area contributed by atoms with E-state index in [-0.39, 0.29) is 11.6 Å². The van der Waals surface area contributed by atoms with Gasteiger partial charge in [-0.1, -0.05) is 19.3 Å². The standard InChI is InChI=1S/C14H23NO2/c1-2-17-14(7-4-3-5-8-14)13(15)10-12-6-9-16-11-12/h6,9,11,13H,2-5,7-8,10,15H2,1H3. The maximum absolute atomic E-state index is 6.39. The van der Waals surface area contributed by atoms with Crippen molar-refractivity contribution in [3.05, 3.63) is 24.2 Å². The van der Waals surface area contributed by atoms with Gasteiger partial charge < -0.3 is 14.9 Å². The van der Waals surface area contributed by atoms with Crippen LogP contribution in [0.4, 0.5) is 0 Å². The van der Waals surface area contributed by atoms with Gasteiger partial charge in [0.25, 0.3) is 0 Å². The second-order valence-electron chi connectivity index (χ2n) is 5.00. The topological polar surface area (TPSA) is 48.4 Å². The number of ether oxygens (including phenoxy) is 1. The molecule has 0 bridgehead atoms. The molecule has 1 aliphatic carbocycles. The molecule has 0 aromatic carbocycles. The van der Waals surface area contributed by atoms with E-state index in [9.17, 15) is 0 Å². The first-order chi connectivity index (χ1) is 8.27. The second kappa shape index (κ2) is 5.69. The van der Waals surface area contributed by atoms with E-state index >= 15 is 0 Å². The van der Waals surface area contributed by atoms with Gasteiger partial charge in [0, 0.05) is 12.6 Å². The molecule has 0 saturated heterocycles. The van der Waals surface area contributed by atoms with E-state index in [4.69, 9.17) is 14.9 Å².